The Morgan fingerprint density at radius 3 is 2.93 bits per heavy atom. The summed E-state index contributed by atoms with van der Waals surface area (Å²) in [6.45, 7) is 0. The van der Waals surface area contributed by atoms with E-state index in [9.17, 15) is 9.59 Å². The van der Waals surface area contributed by atoms with Crippen molar-refractivity contribution in [2.45, 2.75) is 0 Å². The summed E-state index contributed by atoms with van der Waals surface area (Å²) in [4.78, 5) is 28.3. The number of H-pyrrole nitrogens is 1. The van der Waals surface area contributed by atoms with E-state index < -0.39 is 5.24 Å². The molecule has 0 amide bonds. The number of hydrogen-bond donors (Lipinski definition) is 1. The Morgan fingerprint density at radius 2 is 2.29 bits per heavy atom. The second-order valence-electron chi connectivity index (χ2n) is 2.76. The summed E-state index contributed by atoms with van der Waals surface area (Å²) in [5.74, 6) is 0. The number of nitrogens with zero attached hydrogens (tertiary/aromatic N) is 1. The summed E-state index contributed by atoms with van der Waals surface area (Å²) >= 11 is 5.31. The molecule has 0 unspecified atom stereocenters. The van der Waals surface area contributed by atoms with Crippen molar-refractivity contribution in [3.63, 3.8) is 0 Å². The van der Waals surface area contributed by atoms with Gasteiger partial charge in [0.05, 0.1) is 17.4 Å². The lowest BCUT2D eigenvalue weighted by Crippen LogP contribution is -1.92. The van der Waals surface area contributed by atoms with Crippen molar-refractivity contribution in [1.29, 1.82) is 0 Å². The van der Waals surface area contributed by atoms with Gasteiger partial charge in [-0.3, -0.25) is 9.59 Å². The summed E-state index contributed by atoms with van der Waals surface area (Å²) in [5, 5.41) is -0.593. The van der Waals surface area contributed by atoms with Gasteiger partial charge in [-0.25, -0.2) is 4.98 Å². The third kappa shape index (κ3) is 1.29. The number of aldehydes is 1. The second kappa shape index (κ2) is 3.23. The number of aromatic nitrogens is 2. The maximum absolute atomic E-state index is 10.9. The maximum Gasteiger partial charge on any atom is 0.252 e. The Bertz CT molecular complexity index is 519. The van der Waals surface area contributed by atoms with Crippen LogP contribution in [0.4, 0.5) is 0 Å². The highest BCUT2D eigenvalue weighted by Gasteiger charge is 2.09. The van der Waals surface area contributed by atoms with Crippen LogP contribution < -0.4 is 0 Å². The number of rotatable bonds is 2. The molecule has 0 radical (unpaired) electrons. The standard InChI is InChI=1S/C9H5ClN2O2/c10-9(14)5-1-6(3-13)8-7(2-5)11-4-12-8/h1-4H,(H,11,12). The van der Waals surface area contributed by atoms with Gasteiger partial charge in [-0.15, -0.1) is 0 Å². The number of benzene rings is 1. The Labute approximate surface area is 83.9 Å². The van der Waals surface area contributed by atoms with Crippen LogP contribution in [0.5, 0.6) is 0 Å². The van der Waals surface area contributed by atoms with E-state index in [1.807, 2.05) is 0 Å². The highest BCUT2D eigenvalue weighted by atomic mass is 35.5. The van der Waals surface area contributed by atoms with Gasteiger partial charge in [0.2, 0.25) is 0 Å². The van der Waals surface area contributed by atoms with Crippen molar-refractivity contribution in [3.8, 4) is 0 Å². The average molecular weight is 209 g/mol. The van der Waals surface area contributed by atoms with Crippen molar-refractivity contribution >= 4 is 34.2 Å². The third-order valence-corrected chi connectivity index (χ3v) is 2.13. The number of halogens is 1. The maximum atomic E-state index is 10.9. The largest absolute Gasteiger partial charge is 0.345 e. The fraction of sp³-hybridized carbons (Fsp3) is 0. The summed E-state index contributed by atoms with van der Waals surface area (Å²) in [7, 11) is 0. The molecule has 2 aromatic rings. The van der Waals surface area contributed by atoms with Crippen LogP contribution in [0, 0.1) is 0 Å². The quantitative estimate of drug-likeness (QED) is 0.604. The van der Waals surface area contributed by atoms with Gasteiger partial charge in [-0.1, -0.05) is 0 Å². The molecule has 0 atom stereocenters. The van der Waals surface area contributed by atoms with Crippen LogP contribution in [0.2, 0.25) is 0 Å². The lowest BCUT2D eigenvalue weighted by Gasteiger charge is -1.96. The molecule has 2 rings (SSSR count). The molecule has 1 N–H and O–H groups in total. The van der Waals surface area contributed by atoms with Crippen LogP contribution in [-0.4, -0.2) is 21.5 Å². The normalized spacial score (nSPS) is 10.4. The zero-order chi connectivity index (χ0) is 10.1. The molecular weight excluding hydrogens is 204 g/mol. The van der Waals surface area contributed by atoms with E-state index in [2.05, 4.69) is 9.97 Å². The summed E-state index contributed by atoms with van der Waals surface area (Å²) in [5.41, 5.74) is 1.80. The van der Waals surface area contributed by atoms with E-state index in [1.165, 1.54) is 12.4 Å². The van der Waals surface area contributed by atoms with E-state index in [4.69, 9.17) is 11.6 Å². The molecule has 0 aliphatic heterocycles. The molecule has 4 nitrogen and oxygen atoms in total. The summed E-state index contributed by atoms with van der Waals surface area (Å²) in [6.07, 6.45) is 2.10. The smallest absolute Gasteiger partial charge is 0.252 e. The number of fused-ring (bicyclic) bond motifs is 1. The van der Waals surface area contributed by atoms with Gasteiger partial charge in [0.25, 0.3) is 5.24 Å². The highest BCUT2D eigenvalue weighted by Crippen LogP contribution is 2.17. The fourth-order valence-corrected chi connectivity index (χ4v) is 1.39. The van der Waals surface area contributed by atoms with E-state index in [0.29, 0.717) is 22.9 Å². The number of hydrogen-bond acceptors (Lipinski definition) is 3. The molecule has 1 aromatic heterocycles. The molecule has 0 fully saturated rings. The third-order valence-electron chi connectivity index (χ3n) is 1.91. The molecule has 0 aliphatic carbocycles. The van der Waals surface area contributed by atoms with Crippen LogP contribution in [0.25, 0.3) is 11.0 Å². The Hall–Kier alpha value is -1.68. The Kier molecular flexibility index (Phi) is 2.05. The van der Waals surface area contributed by atoms with Crippen LogP contribution in [-0.2, 0) is 0 Å². The first kappa shape index (κ1) is 8.90. The molecule has 0 saturated heterocycles. The van der Waals surface area contributed by atoms with Crippen LogP contribution in [0.3, 0.4) is 0 Å². The van der Waals surface area contributed by atoms with Gasteiger partial charge in [0, 0.05) is 11.1 Å². The minimum atomic E-state index is -0.593. The number of carbonyl (C=O) groups is 2. The molecule has 70 valence electrons. The highest BCUT2D eigenvalue weighted by molar-refractivity contribution is 6.67. The first-order valence-corrected chi connectivity index (χ1v) is 4.22. The zero-order valence-electron chi connectivity index (χ0n) is 6.95. The topological polar surface area (TPSA) is 62.8 Å². The van der Waals surface area contributed by atoms with Crippen molar-refractivity contribution in [2.75, 3.05) is 0 Å². The molecular formula is C9H5ClN2O2. The van der Waals surface area contributed by atoms with E-state index >= 15 is 0 Å². The molecule has 1 aromatic carbocycles. The van der Waals surface area contributed by atoms with Crippen molar-refractivity contribution < 1.29 is 9.59 Å². The minimum absolute atomic E-state index is 0.283. The lowest BCUT2D eigenvalue weighted by molar-refractivity contribution is 0.108. The number of imidazole rings is 1. The SMILES string of the molecule is O=Cc1cc(C(=O)Cl)cc2[nH]cnc12. The molecule has 14 heavy (non-hydrogen) atoms. The fourth-order valence-electron chi connectivity index (χ4n) is 1.28. The molecule has 5 heteroatoms. The van der Waals surface area contributed by atoms with Gasteiger partial charge in [-0.2, -0.15) is 0 Å². The van der Waals surface area contributed by atoms with Crippen molar-refractivity contribution in [1.82, 2.24) is 9.97 Å². The van der Waals surface area contributed by atoms with Crippen molar-refractivity contribution in [2.24, 2.45) is 0 Å². The lowest BCUT2D eigenvalue weighted by atomic mass is 10.1. The Balaban J connectivity index is 2.79. The summed E-state index contributed by atoms with van der Waals surface area (Å²) < 4.78 is 0. The van der Waals surface area contributed by atoms with Crippen LogP contribution >= 0.6 is 11.6 Å². The van der Waals surface area contributed by atoms with Gasteiger partial charge in [0.1, 0.15) is 0 Å². The van der Waals surface area contributed by atoms with E-state index in [-0.39, 0.29) is 5.56 Å². The molecule has 1 heterocycles. The van der Waals surface area contributed by atoms with Gasteiger partial charge >= 0.3 is 0 Å². The van der Waals surface area contributed by atoms with Gasteiger partial charge in [-0.05, 0) is 23.7 Å². The van der Waals surface area contributed by atoms with Crippen LogP contribution in [0.15, 0.2) is 18.5 Å². The molecule has 0 aliphatic rings. The predicted octanol–water partition coefficient (Wildman–Crippen LogP) is 1.75. The first-order valence-electron chi connectivity index (χ1n) is 3.84. The number of aromatic amines is 1. The Morgan fingerprint density at radius 1 is 1.50 bits per heavy atom. The molecule has 0 saturated carbocycles. The predicted molar refractivity (Wildman–Crippen MR) is 51.7 cm³/mol. The average Bonchev–Trinajstić information content (AvgIpc) is 2.63. The van der Waals surface area contributed by atoms with Crippen LogP contribution in [0.1, 0.15) is 20.7 Å². The molecule has 0 spiro atoms. The van der Waals surface area contributed by atoms with Crippen molar-refractivity contribution in [3.05, 3.63) is 29.6 Å². The number of nitrogens with one attached hydrogen (secondary N) is 1. The molecule has 0 bridgehead atoms. The monoisotopic (exact) mass is 208 g/mol. The minimum Gasteiger partial charge on any atom is -0.345 e. The zero-order valence-corrected chi connectivity index (χ0v) is 7.71. The van der Waals surface area contributed by atoms with E-state index in [0.717, 1.165) is 0 Å². The second-order valence-corrected chi connectivity index (χ2v) is 3.10. The van der Waals surface area contributed by atoms with Gasteiger partial charge in [0.15, 0.2) is 6.29 Å². The van der Waals surface area contributed by atoms with E-state index in [1.54, 1.807) is 6.07 Å². The van der Waals surface area contributed by atoms with Gasteiger partial charge < -0.3 is 4.98 Å². The number of carbonyl (C=O) groups excluding carboxylic acids is 2. The summed E-state index contributed by atoms with van der Waals surface area (Å²) in [6, 6.07) is 2.98. The first-order chi connectivity index (χ1) is 6.72.